The molecule has 4 nitrogen and oxygen atoms in total. The van der Waals surface area contributed by atoms with E-state index < -0.39 is 11.9 Å². The Morgan fingerprint density at radius 1 is 1.37 bits per heavy atom. The minimum Gasteiger partial charge on any atom is -0.465 e. The average Bonchev–Trinajstić information content (AvgIpc) is 2.42. The number of hydrogen-bond acceptors (Lipinski definition) is 3. The van der Waals surface area contributed by atoms with Crippen molar-refractivity contribution in [1.29, 1.82) is 0 Å². The highest BCUT2D eigenvalue weighted by molar-refractivity contribution is 5.96. The minimum absolute atomic E-state index is 0.414. The lowest BCUT2D eigenvalue weighted by molar-refractivity contribution is -0.113. The van der Waals surface area contributed by atoms with Crippen LogP contribution < -0.4 is 5.73 Å². The molecule has 19 heavy (non-hydrogen) atoms. The van der Waals surface area contributed by atoms with Crippen molar-refractivity contribution in [3.8, 4) is 0 Å². The molecule has 1 amide bonds. The van der Waals surface area contributed by atoms with Crippen molar-refractivity contribution < 1.29 is 14.3 Å². The molecule has 0 radical (unpaired) electrons. The van der Waals surface area contributed by atoms with Crippen molar-refractivity contribution in [2.45, 2.75) is 26.2 Å². The molecule has 0 unspecified atom stereocenters. The first kappa shape index (κ1) is 15.0. The van der Waals surface area contributed by atoms with Gasteiger partial charge in [-0.1, -0.05) is 25.5 Å². The molecule has 0 bridgehead atoms. The first-order valence-electron chi connectivity index (χ1n) is 6.27. The van der Waals surface area contributed by atoms with Gasteiger partial charge < -0.3 is 10.5 Å². The lowest BCUT2D eigenvalue weighted by Crippen LogP contribution is -2.07. The fraction of sp³-hybridized carbons (Fsp3) is 0.333. The van der Waals surface area contributed by atoms with Crippen molar-refractivity contribution in [3.05, 3.63) is 41.0 Å². The summed E-state index contributed by atoms with van der Waals surface area (Å²) in [4.78, 5) is 22.5. The number of carbonyl (C=O) groups excluding carboxylic acids is 2. The second-order valence-electron chi connectivity index (χ2n) is 4.25. The van der Waals surface area contributed by atoms with Crippen molar-refractivity contribution in [2.24, 2.45) is 5.73 Å². The highest BCUT2D eigenvalue weighted by Gasteiger charge is 2.11. The summed E-state index contributed by atoms with van der Waals surface area (Å²) in [5.41, 5.74) is 7.22. The molecule has 0 spiro atoms. The van der Waals surface area contributed by atoms with Gasteiger partial charge in [0, 0.05) is 6.08 Å². The Morgan fingerprint density at radius 3 is 2.68 bits per heavy atom. The van der Waals surface area contributed by atoms with Gasteiger partial charge in [0.15, 0.2) is 0 Å². The Balaban J connectivity index is 3.09. The van der Waals surface area contributed by atoms with Gasteiger partial charge in [0.1, 0.15) is 0 Å². The Labute approximate surface area is 113 Å². The fourth-order valence-corrected chi connectivity index (χ4v) is 1.74. The van der Waals surface area contributed by atoms with E-state index in [-0.39, 0.29) is 0 Å². The van der Waals surface area contributed by atoms with Crippen LogP contribution in [0.1, 0.15) is 41.3 Å². The standard InChI is InChI=1S/C15H19NO3/c1-3-4-5-11-6-7-12(8-9-14(16)17)13(10-11)15(18)19-2/h6-10H,3-5H2,1-2H3,(H2,16,17). The minimum atomic E-state index is -0.550. The number of carbonyl (C=O) groups is 2. The predicted octanol–water partition coefficient (Wildman–Crippen LogP) is 2.31. The first-order chi connectivity index (χ1) is 9.08. The molecule has 0 aromatic heterocycles. The number of amides is 1. The SMILES string of the molecule is CCCCc1ccc(C=CC(N)=O)c(C(=O)OC)c1. The summed E-state index contributed by atoms with van der Waals surface area (Å²) in [5, 5.41) is 0. The largest absolute Gasteiger partial charge is 0.465 e. The summed E-state index contributed by atoms with van der Waals surface area (Å²) in [6, 6.07) is 5.56. The van der Waals surface area contributed by atoms with Crippen molar-refractivity contribution in [3.63, 3.8) is 0 Å². The quantitative estimate of drug-likeness (QED) is 0.631. The number of unbranched alkanes of at least 4 members (excludes halogenated alkanes) is 1. The lowest BCUT2D eigenvalue weighted by Gasteiger charge is -2.07. The van der Waals surface area contributed by atoms with Crippen LogP contribution in [0.15, 0.2) is 24.3 Å². The average molecular weight is 261 g/mol. The zero-order valence-electron chi connectivity index (χ0n) is 11.3. The third-order valence-electron chi connectivity index (χ3n) is 2.77. The Kier molecular flexibility index (Phi) is 5.79. The molecule has 0 atom stereocenters. The number of hydrogen-bond donors (Lipinski definition) is 1. The maximum Gasteiger partial charge on any atom is 0.338 e. The van der Waals surface area contributed by atoms with E-state index >= 15 is 0 Å². The number of primary amides is 1. The van der Waals surface area contributed by atoms with Crippen LogP contribution in [0.5, 0.6) is 0 Å². The number of nitrogens with two attached hydrogens (primary N) is 1. The Morgan fingerprint density at radius 2 is 2.11 bits per heavy atom. The van der Waals surface area contributed by atoms with Gasteiger partial charge in [-0.2, -0.15) is 0 Å². The lowest BCUT2D eigenvalue weighted by atomic mass is 10.0. The van der Waals surface area contributed by atoms with Crippen LogP contribution >= 0.6 is 0 Å². The Hall–Kier alpha value is -2.10. The van der Waals surface area contributed by atoms with Crippen molar-refractivity contribution in [2.75, 3.05) is 7.11 Å². The molecule has 4 heteroatoms. The summed E-state index contributed by atoms with van der Waals surface area (Å²) in [5.74, 6) is -0.964. The van der Waals surface area contributed by atoms with E-state index in [2.05, 4.69) is 6.92 Å². The van der Waals surface area contributed by atoms with E-state index in [1.807, 2.05) is 12.1 Å². The van der Waals surface area contributed by atoms with Crippen LogP contribution in [0.4, 0.5) is 0 Å². The van der Waals surface area contributed by atoms with Crippen LogP contribution in [0, 0.1) is 0 Å². The number of esters is 1. The number of aryl methyl sites for hydroxylation is 1. The molecular weight excluding hydrogens is 242 g/mol. The summed E-state index contributed by atoms with van der Waals surface area (Å²) < 4.78 is 4.75. The number of benzene rings is 1. The van der Waals surface area contributed by atoms with Gasteiger partial charge >= 0.3 is 5.97 Å². The molecule has 0 aliphatic heterocycles. The third kappa shape index (κ3) is 4.58. The predicted molar refractivity (Wildman–Crippen MR) is 74.6 cm³/mol. The van der Waals surface area contributed by atoms with Gasteiger partial charge in [-0.3, -0.25) is 4.79 Å². The molecule has 102 valence electrons. The maximum absolute atomic E-state index is 11.7. The van der Waals surface area contributed by atoms with E-state index in [1.54, 1.807) is 6.07 Å². The van der Waals surface area contributed by atoms with E-state index in [4.69, 9.17) is 10.5 Å². The topological polar surface area (TPSA) is 69.4 Å². The molecule has 0 saturated carbocycles. The van der Waals surface area contributed by atoms with Gasteiger partial charge in [-0.15, -0.1) is 0 Å². The smallest absolute Gasteiger partial charge is 0.338 e. The summed E-state index contributed by atoms with van der Waals surface area (Å²) in [6.45, 7) is 2.12. The van der Waals surface area contributed by atoms with Gasteiger partial charge in [-0.25, -0.2) is 4.79 Å². The fourth-order valence-electron chi connectivity index (χ4n) is 1.74. The monoisotopic (exact) mass is 261 g/mol. The summed E-state index contributed by atoms with van der Waals surface area (Å²) in [6.07, 6.45) is 5.83. The first-order valence-corrected chi connectivity index (χ1v) is 6.27. The Bertz CT molecular complexity index is 492. The molecular formula is C15H19NO3. The molecule has 2 N–H and O–H groups in total. The van der Waals surface area contributed by atoms with Crippen molar-refractivity contribution in [1.82, 2.24) is 0 Å². The van der Waals surface area contributed by atoms with Crippen LogP contribution in [0.25, 0.3) is 6.08 Å². The molecule has 0 aliphatic rings. The second-order valence-corrected chi connectivity index (χ2v) is 4.25. The van der Waals surface area contributed by atoms with Gasteiger partial charge in [0.25, 0.3) is 0 Å². The number of methoxy groups -OCH3 is 1. The summed E-state index contributed by atoms with van der Waals surface area (Å²) in [7, 11) is 1.34. The van der Waals surface area contributed by atoms with Gasteiger partial charge in [0.05, 0.1) is 12.7 Å². The van der Waals surface area contributed by atoms with Crippen LogP contribution in [0.3, 0.4) is 0 Å². The van der Waals surface area contributed by atoms with Crippen LogP contribution in [0.2, 0.25) is 0 Å². The van der Waals surface area contributed by atoms with E-state index in [0.29, 0.717) is 11.1 Å². The van der Waals surface area contributed by atoms with Crippen LogP contribution in [-0.4, -0.2) is 19.0 Å². The van der Waals surface area contributed by atoms with Gasteiger partial charge in [0.2, 0.25) is 5.91 Å². The molecule has 0 saturated heterocycles. The van der Waals surface area contributed by atoms with Crippen LogP contribution in [-0.2, 0) is 16.0 Å². The zero-order valence-corrected chi connectivity index (χ0v) is 11.3. The third-order valence-corrected chi connectivity index (χ3v) is 2.77. The highest BCUT2D eigenvalue weighted by Crippen LogP contribution is 2.16. The van der Waals surface area contributed by atoms with E-state index in [9.17, 15) is 9.59 Å². The van der Waals surface area contributed by atoms with E-state index in [1.165, 1.54) is 19.3 Å². The number of ether oxygens (including phenoxy) is 1. The molecule has 1 aromatic carbocycles. The van der Waals surface area contributed by atoms with E-state index in [0.717, 1.165) is 24.8 Å². The number of rotatable bonds is 6. The molecule has 0 aliphatic carbocycles. The highest BCUT2D eigenvalue weighted by atomic mass is 16.5. The molecule has 1 aromatic rings. The molecule has 0 heterocycles. The maximum atomic E-state index is 11.7. The van der Waals surface area contributed by atoms with Crippen molar-refractivity contribution >= 4 is 18.0 Å². The second kappa shape index (κ2) is 7.36. The molecule has 0 fully saturated rings. The normalized spacial score (nSPS) is 10.6. The summed E-state index contributed by atoms with van der Waals surface area (Å²) >= 11 is 0. The zero-order chi connectivity index (χ0) is 14.3. The van der Waals surface area contributed by atoms with Gasteiger partial charge in [-0.05, 0) is 36.1 Å². The molecule has 1 rings (SSSR count).